The number of aryl methyl sites for hydroxylation is 1. The van der Waals surface area contributed by atoms with Crippen LogP contribution in [0.2, 0.25) is 0 Å². The third-order valence-electron chi connectivity index (χ3n) is 2.39. The molecule has 80 valence electrons. The molecule has 0 radical (unpaired) electrons. The van der Waals surface area contributed by atoms with Gasteiger partial charge >= 0.3 is 0 Å². The first-order chi connectivity index (χ1) is 6.70. The Labute approximate surface area is 90.1 Å². The van der Waals surface area contributed by atoms with Crippen LogP contribution in [0.1, 0.15) is 36.8 Å². The largest absolute Gasteiger partial charge is 0.377 e. The van der Waals surface area contributed by atoms with Gasteiger partial charge in [0.1, 0.15) is 0 Å². The summed E-state index contributed by atoms with van der Waals surface area (Å²) in [6.45, 7) is 6.96. The summed E-state index contributed by atoms with van der Waals surface area (Å²) in [6, 6.07) is 2.14. The zero-order chi connectivity index (χ0) is 10.6. The van der Waals surface area contributed by atoms with Crippen LogP contribution >= 0.6 is 11.3 Å². The van der Waals surface area contributed by atoms with Crippen LogP contribution in [0.3, 0.4) is 0 Å². The van der Waals surface area contributed by atoms with E-state index in [-0.39, 0.29) is 12.1 Å². The number of ether oxygens (including phenoxy) is 1. The van der Waals surface area contributed by atoms with Crippen molar-refractivity contribution in [2.24, 2.45) is 5.73 Å². The van der Waals surface area contributed by atoms with Crippen molar-refractivity contribution in [1.29, 1.82) is 0 Å². The summed E-state index contributed by atoms with van der Waals surface area (Å²) >= 11 is 1.72. The lowest BCUT2D eigenvalue weighted by atomic mass is 10.1. The minimum absolute atomic E-state index is 0.0277. The van der Waals surface area contributed by atoms with E-state index in [1.54, 1.807) is 11.3 Å². The molecule has 0 bridgehead atoms. The second-order valence-electron chi connectivity index (χ2n) is 3.40. The molecule has 0 aromatic carbocycles. The van der Waals surface area contributed by atoms with Gasteiger partial charge in [0.05, 0.1) is 12.1 Å². The summed E-state index contributed by atoms with van der Waals surface area (Å²) in [5, 5.41) is 2.09. The third-order valence-corrected chi connectivity index (χ3v) is 3.51. The van der Waals surface area contributed by atoms with Gasteiger partial charge in [-0.3, -0.25) is 0 Å². The quantitative estimate of drug-likeness (QED) is 0.816. The third kappa shape index (κ3) is 2.56. The van der Waals surface area contributed by atoms with E-state index in [0.717, 1.165) is 13.0 Å². The minimum atomic E-state index is 0.0277. The summed E-state index contributed by atoms with van der Waals surface area (Å²) in [5.74, 6) is 0. The Hall–Kier alpha value is -0.380. The Kier molecular flexibility index (Phi) is 4.58. The maximum Gasteiger partial charge on any atom is 0.0772 e. The number of hydrogen-bond acceptors (Lipinski definition) is 3. The van der Waals surface area contributed by atoms with Crippen molar-refractivity contribution in [3.63, 3.8) is 0 Å². The average Bonchev–Trinajstić information content (AvgIpc) is 2.59. The molecule has 3 heteroatoms. The molecule has 2 N–H and O–H groups in total. The lowest BCUT2D eigenvalue weighted by Crippen LogP contribution is -2.28. The molecule has 0 saturated heterocycles. The van der Waals surface area contributed by atoms with E-state index in [4.69, 9.17) is 10.5 Å². The van der Waals surface area contributed by atoms with Crippen LogP contribution in [-0.4, -0.2) is 12.7 Å². The smallest absolute Gasteiger partial charge is 0.0772 e. The first kappa shape index (κ1) is 11.7. The molecule has 1 aromatic rings. The number of rotatable bonds is 5. The standard InChI is InChI=1S/C11H19NOS/c1-4-9(13-5-2)10(12)11-8(3)6-7-14-11/h6-7,9-10H,4-5,12H2,1-3H3. The molecule has 0 aliphatic carbocycles. The monoisotopic (exact) mass is 213 g/mol. The Morgan fingerprint density at radius 3 is 2.64 bits per heavy atom. The van der Waals surface area contributed by atoms with Crippen LogP contribution in [0.25, 0.3) is 0 Å². The average molecular weight is 213 g/mol. The van der Waals surface area contributed by atoms with Crippen molar-refractivity contribution in [3.05, 3.63) is 21.9 Å². The number of nitrogens with two attached hydrogens (primary N) is 1. The fourth-order valence-electron chi connectivity index (χ4n) is 1.58. The Morgan fingerprint density at radius 2 is 2.21 bits per heavy atom. The lowest BCUT2D eigenvalue weighted by molar-refractivity contribution is 0.0420. The van der Waals surface area contributed by atoms with Crippen LogP contribution < -0.4 is 5.73 Å². The first-order valence-electron chi connectivity index (χ1n) is 5.11. The number of thiophene rings is 1. The van der Waals surface area contributed by atoms with Crippen LogP contribution in [-0.2, 0) is 4.74 Å². The summed E-state index contributed by atoms with van der Waals surface area (Å²) in [4.78, 5) is 1.25. The van der Waals surface area contributed by atoms with Gasteiger partial charge in [-0.25, -0.2) is 0 Å². The predicted molar refractivity (Wildman–Crippen MR) is 61.7 cm³/mol. The summed E-state index contributed by atoms with van der Waals surface area (Å²) in [6.07, 6.45) is 1.11. The van der Waals surface area contributed by atoms with Crippen molar-refractivity contribution in [1.82, 2.24) is 0 Å². The van der Waals surface area contributed by atoms with Gasteiger partial charge in [0.25, 0.3) is 0 Å². The Bertz CT molecular complexity index is 272. The minimum Gasteiger partial charge on any atom is -0.377 e. The van der Waals surface area contributed by atoms with Gasteiger partial charge in [0.2, 0.25) is 0 Å². The molecule has 1 aromatic heterocycles. The van der Waals surface area contributed by atoms with E-state index in [0.29, 0.717) is 0 Å². The van der Waals surface area contributed by atoms with Crippen LogP contribution in [0.4, 0.5) is 0 Å². The molecular weight excluding hydrogens is 194 g/mol. The van der Waals surface area contributed by atoms with Crippen LogP contribution in [0, 0.1) is 6.92 Å². The van der Waals surface area contributed by atoms with Gasteiger partial charge in [-0.2, -0.15) is 0 Å². The maximum absolute atomic E-state index is 6.17. The normalized spacial score (nSPS) is 15.4. The first-order valence-corrected chi connectivity index (χ1v) is 5.99. The highest BCUT2D eigenvalue weighted by Crippen LogP contribution is 2.26. The molecule has 2 atom stereocenters. The predicted octanol–water partition coefficient (Wildman–Crippen LogP) is 2.87. The molecule has 0 saturated carbocycles. The molecule has 0 aliphatic rings. The van der Waals surface area contributed by atoms with Crippen molar-refractivity contribution >= 4 is 11.3 Å². The van der Waals surface area contributed by atoms with E-state index in [1.807, 2.05) is 6.92 Å². The number of hydrogen-bond donors (Lipinski definition) is 1. The van der Waals surface area contributed by atoms with E-state index in [9.17, 15) is 0 Å². The van der Waals surface area contributed by atoms with E-state index < -0.39 is 0 Å². The second-order valence-corrected chi connectivity index (χ2v) is 4.34. The van der Waals surface area contributed by atoms with E-state index >= 15 is 0 Å². The molecule has 1 heterocycles. The highest BCUT2D eigenvalue weighted by Gasteiger charge is 2.20. The molecule has 14 heavy (non-hydrogen) atoms. The Balaban J connectivity index is 2.72. The highest BCUT2D eigenvalue weighted by molar-refractivity contribution is 7.10. The fraction of sp³-hybridized carbons (Fsp3) is 0.636. The fourth-order valence-corrected chi connectivity index (χ4v) is 2.57. The SMILES string of the molecule is CCOC(CC)C(N)c1sccc1C. The molecule has 2 unspecified atom stereocenters. The van der Waals surface area contributed by atoms with Gasteiger partial charge < -0.3 is 10.5 Å². The molecule has 0 amide bonds. The van der Waals surface area contributed by atoms with Crippen molar-refractivity contribution in [3.8, 4) is 0 Å². The second kappa shape index (κ2) is 5.49. The van der Waals surface area contributed by atoms with Crippen LogP contribution in [0.5, 0.6) is 0 Å². The maximum atomic E-state index is 6.17. The van der Waals surface area contributed by atoms with Gasteiger partial charge in [-0.15, -0.1) is 11.3 Å². The highest BCUT2D eigenvalue weighted by atomic mass is 32.1. The van der Waals surface area contributed by atoms with Gasteiger partial charge in [-0.1, -0.05) is 6.92 Å². The van der Waals surface area contributed by atoms with Gasteiger partial charge in [0, 0.05) is 11.5 Å². The summed E-state index contributed by atoms with van der Waals surface area (Å²) in [5.41, 5.74) is 7.44. The zero-order valence-electron chi connectivity index (χ0n) is 9.12. The molecule has 0 aliphatic heterocycles. The lowest BCUT2D eigenvalue weighted by Gasteiger charge is -2.22. The summed E-state index contributed by atoms with van der Waals surface area (Å²) in [7, 11) is 0. The Morgan fingerprint density at radius 1 is 1.50 bits per heavy atom. The molecule has 0 spiro atoms. The van der Waals surface area contributed by atoms with Crippen molar-refractivity contribution < 1.29 is 4.74 Å². The van der Waals surface area contributed by atoms with Gasteiger partial charge in [0.15, 0.2) is 0 Å². The van der Waals surface area contributed by atoms with Gasteiger partial charge in [-0.05, 0) is 37.3 Å². The molecule has 0 fully saturated rings. The molecule has 1 rings (SSSR count). The van der Waals surface area contributed by atoms with E-state index in [2.05, 4.69) is 25.3 Å². The van der Waals surface area contributed by atoms with E-state index in [1.165, 1.54) is 10.4 Å². The molecule has 2 nitrogen and oxygen atoms in total. The topological polar surface area (TPSA) is 35.2 Å². The zero-order valence-corrected chi connectivity index (χ0v) is 9.93. The molecular formula is C11H19NOS. The summed E-state index contributed by atoms with van der Waals surface area (Å²) < 4.78 is 5.61. The van der Waals surface area contributed by atoms with Crippen LogP contribution in [0.15, 0.2) is 11.4 Å². The van der Waals surface area contributed by atoms with Crippen molar-refractivity contribution in [2.75, 3.05) is 6.61 Å². The van der Waals surface area contributed by atoms with Crippen molar-refractivity contribution in [2.45, 2.75) is 39.3 Å².